The Labute approximate surface area is 103 Å². The van der Waals surface area contributed by atoms with Gasteiger partial charge in [0.15, 0.2) is 0 Å². The van der Waals surface area contributed by atoms with Crippen LogP contribution in [-0.4, -0.2) is 44.2 Å². The zero-order chi connectivity index (χ0) is 11.3. The first-order valence-electron chi connectivity index (χ1n) is 5.30. The van der Waals surface area contributed by atoms with Crippen LogP contribution < -0.4 is 5.73 Å². The molecule has 94 valence electrons. The lowest BCUT2D eigenvalue weighted by molar-refractivity contribution is -0.145. The van der Waals surface area contributed by atoms with E-state index in [0.29, 0.717) is 26.3 Å². The highest BCUT2D eigenvalue weighted by atomic mass is 35.5. The summed E-state index contributed by atoms with van der Waals surface area (Å²) < 4.78 is 5.27. The highest BCUT2D eigenvalue weighted by Gasteiger charge is 2.40. The smallest absolute Gasteiger partial charge is 0.230 e. The first kappa shape index (κ1) is 15.4. The Kier molecular flexibility index (Phi) is 6.64. The molecule has 1 amide bonds. The Hall–Kier alpha value is -0.580. The minimum absolute atomic E-state index is 0. The molecule has 16 heavy (non-hydrogen) atoms. The average Bonchev–Trinajstić information content (AvgIpc) is 2.29. The summed E-state index contributed by atoms with van der Waals surface area (Å²) in [5.41, 5.74) is 5.34. The van der Waals surface area contributed by atoms with Crippen molar-refractivity contribution in [3.63, 3.8) is 0 Å². The molecular weight excluding hydrogens is 228 g/mol. The van der Waals surface area contributed by atoms with E-state index in [0.717, 1.165) is 12.8 Å². The van der Waals surface area contributed by atoms with E-state index in [2.05, 4.69) is 6.58 Å². The SMILES string of the molecule is C=CCN(C)C(=O)C1(CN)CCOCC1.Cl. The molecule has 0 aliphatic carbocycles. The molecule has 0 aromatic heterocycles. The van der Waals surface area contributed by atoms with Crippen LogP contribution in [0.2, 0.25) is 0 Å². The van der Waals surface area contributed by atoms with Crippen molar-refractivity contribution in [3.8, 4) is 0 Å². The van der Waals surface area contributed by atoms with Crippen LogP contribution in [0, 0.1) is 5.41 Å². The molecule has 1 aliphatic rings. The fraction of sp³-hybridized carbons (Fsp3) is 0.727. The predicted molar refractivity (Wildman–Crippen MR) is 66.6 cm³/mol. The molecule has 1 fully saturated rings. The van der Waals surface area contributed by atoms with E-state index in [-0.39, 0.29) is 18.3 Å². The summed E-state index contributed by atoms with van der Waals surface area (Å²) in [4.78, 5) is 13.9. The highest BCUT2D eigenvalue weighted by molar-refractivity contribution is 5.85. The number of likely N-dealkylation sites (N-methyl/N-ethyl adjacent to an activating group) is 1. The fourth-order valence-electron chi connectivity index (χ4n) is 1.95. The molecule has 0 aromatic rings. The van der Waals surface area contributed by atoms with Gasteiger partial charge in [0.05, 0.1) is 5.41 Å². The van der Waals surface area contributed by atoms with Gasteiger partial charge in [-0.15, -0.1) is 19.0 Å². The van der Waals surface area contributed by atoms with Crippen molar-refractivity contribution in [2.75, 3.05) is 33.4 Å². The summed E-state index contributed by atoms with van der Waals surface area (Å²) >= 11 is 0. The van der Waals surface area contributed by atoms with Crippen molar-refractivity contribution in [3.05, 3.63) is 12.7 Å². The number of hydrogen-bond donors (Lipinski definition) is 1. The van der Waals surface area contributed by atoms with Gasteiger partial charge < -0.3 is 15.4 Å². The average molecular weight is 249 g/mol. The number of nitrogens with two attached hydrogens (primary N) is 1. The van der Waals surface area contributed by atoms with E-state index in [9.17, 15) is 4.79 Å². The zero-order valence-electron chi connectivity index (χ0n) is 9.78. The number of halogens is 1. The maximum atomic E-state index is 12.2. The molecule has 1 saturated heterocycles. The Balaban J connectivity index is 0.00000225. The number of hydrogen-bond acceptors (Lipinski definition) is 3. The van der Waals surface area contributed by atoms with Crippen LogP contribution in [0.5, 0.6) is 0 Å². The van der Waals surface area contributed by atoms with Crippen LogP contribution in [0.15, 0.2) is 12.7 Å². The van der Waals surface area contributed by atoms with Gasteiger partial charge in [0, 0.05) is 33.4 Å². The van der Waals surface area contributed by atoms with Gasteiger partial charge in [0.1, 0.15) is 0 Å². The number of carbonyl (C=O) groups excluding carboxylic acids is 1. The summed E-state index contributed by atoms with van der Waals surface area (Å²) in [5, 5.41) is 0. The van der Waals surface area contributed by atoms with E-state index in [4.69, 9.17) is 10.5 Å². The van der Waals surface area contributed by atoms with Gasteiger partial charge >= 0.3 is 0 Å². The van der Waals surface area contributed by atoms with Crippen molar-refractivity contribution < 1.29 is 9.53 Å². The molecule has 0 radical (unpaired) electrons. The van der Waals surface area contributed by atoms with Crippen molar-refractivity contribution in [2.24, 2.45) is 11.1 Å². The minimum Gasteiger partial charge on any atom is -0.381 e. The van der Waals surface area contributed by atoms with E-state index < -0.39 is 5.41 Å². The van der Waals surface area contributed by atoms with Crippen LogP contribution in [-0.2, 0) is 9.53 Å². The van der Waals surface area contributed by atoms with E-state index in [1.807, 2.05) is 0 Å². The molecule has 0 bridgehead atoms. The highest BCUT2D eigenvalue weighted by Crippen LogP contribution is 2.31. The summed E-state index contributed by atoms with van der Waals surface area (Å²) in [6.07, 6.45) is 3.18. The van der Waals surface area contributed by atoms with E-state index in [1.54, 1.807) is 18.0 Å². The third-order valence-electron chi connectivity index (χ3n) is 3.04. The fourth-order valence-corrected chi connectivity index (χ4v) is 1.95. The second kappa shape index (κ2) is 6.89. The van der Waals surface area contributed by atoms with Crippen LogP contribution in [0.3, 0.4) is 0 Å². The van der Waals surface area contributed by atoms with Gasteiger partial charge in [0.25, 0.3) is 0 Å². The molecule has 0 saturated carbocycles. The normalized spacial score (nSPS) is 18.4. The molecule has 1 rings (SSSR count). The summed E-state index contributed by atoms with van der Waals surface area (Å²) in [7, 11) is 1.79. The van der Waals surface area contributed by atoms with Crippen molar-refractivity contribution >= 4 is 18.3 Å². The lowest BCUT2D eigenvalue weighted by Crippen LogP contribution is -2.49. The van der Waals surface area contributed by atoms with E-state index in [1.165, 1.54) is 0 Å². The second-order valence-electron chi connectivity index (χ2n) is 4.07. The minimum atomic E-state index is -0.407. The molecular formula is C11H21ClN2O2. The van der Waals surface area contributed by atoms with Gasteiger partial charge in [-0.1, -0.05) is 6.08 Å². The van der Waals surface area contributed by atoms with Gasteiger partial charge in [-0.05, 0) is 12.8 Å². The number of ether oxygens (including phenoxy) is 1. The Bertz CT molecular complexity index is 240. The third-order valence-corrected chi connectivity index (χ3v) is 3.04. The molecule has 4 nitrogen and oxygen atoms in total. The maximum absolute atomic E-state index is 12.2. The van der Waals surface area contributed by atoms with Crippen molar-refractivity contribution in [1.29, 1.82) is 0 Å². The predicted octanol–water partition coefficient (Wildman–Crippen LogP) is 0.808. The second-order valence-corrected chi connectivity index (χ2v) is 4.07. The summed E-state index contributed by atoms with van der Waals surface area (Å²) in [6.45, 7) is 5.86. The van der Waals surface area contributed by atoms with Gasteiger partial charge in [-0.2, -0.15) is 0 Å². The first-order chi connectivity index (χ1) is 7.16. The number of carbonyl (C=O) groups is 1. The molecule has 5 heteroatoms. The van der Waals surface area contributed by atoms with Crippen LogP contribution in [0.25, 0.3) is 0 Å². The largest absolute Gasteiger partial charge is 0.381 e. The van der Waals surface area contributed by atoms with E-state index >= 15 is 0 Å². The standard InChI is InChI=1S/C11H20N2O2.ClH/c1-3-6-13(2)10(14)11(9-12)4-7-15-8-5-11;/h3H,1,4-9,12H2,2H3;1H. The first-order valence-corrected chi connectivity index (χ1v) is 5.30. The van der Waals surface area contributed by atoms with Crippen molar-refractivity contribution in [2.45, 2.75) is 12.8 Å². The lowest BCUT2D eigenvalue weighted by Gasteiger charge is -2.37. The number of nitrogens with zero attached hydrogens (tertiary/aromatic N) is 1. The summed E-state index contributed by atoms with van der Waals surface area (Å²) in [5.74, 6) is 0.119. The molecule has 1 heterocycles. The number of rotatable bonds is 4. The molecule has 0 spiro atoms. The van der Waals surface area contributed by atoms with Crippen LogP contribution in [0.4, 0.5) is 0 Å². The van der Waals surface area contributed by atoms with Gasteiger partial charge in [-0.25, -0.2) is 0 Å². The Morgan fingerprint density at radius 1 is 1.56 bits per heavy atom. The maximum Gasteiger partial charge on any atom is 0.230 e. The van der Waals surface area contributed by atoms with Crippen molar-refractivity contribution in [1.82, 2.24) is 4.90 Å². The zero-order valence-corrected chi connectivity index (χ0v) is 10.6. The third kappa shape index (κ3) is 3.20. The number of amides is 1. The molecule has 0 atom stereocenters. The molecule has 2 N–H and O–H groups in total. The topological polar surface area (TPSA) is 55.6 Å². The molecule has 0 aromatic carbocycles. The van der Waals surface area contributed by atoms with Gasteiger partial charge in [0.2, 0.25) is 5.91 Å². The Morgan fingerprint density at radius 3 is 2.56 bits per heavy atom. The molecule has 1 aliphatic heterocycles. The van der Waals surface area contributed by atoms with Gasteiger partial charge in [-0.3, -0.25) is 4.79 Å². The van der Waals surface area contributed by atoms with Crippen LogP contribution in [0.1, 0.15) is 12.8 Å². The summed E-state index contributed by atoms with van der Waals surface area (Å²) in [6, 6.07) is 0. The Morgan fingerprint density at radius 2 is 2.12 bits per heavy atom. The lowest BCUT2D eigenvalue weighted by atomic mass is 9.79. The van der Waals surface area contributed by atoms with Crippen LogP contribution >= 0.6 is 12.4 Å². The quantitative estimate of drug-likeness (QED) is 0.749. The monoisotopic (exact) mass is 248 g/mol. The molecule has 0 unspecified atom stereocenters.